The maximum Gasteiger partial charge on any atom is 0.288 e. The van der Waals surface area contributed by atoms with Gasteiger partial charge in [0.15, 0.2) is 0 Å². The van der Waals surface area contributed by atoms with Crippen LogP contribution in [-0.2, 0) is 6.67 Å². The molecule has 1 saturated carbocycles. The van der Waals surface area contributed by atoms with Gasteiger partial charge in [0.25, 0.3) is 4.84 Å². The van der Waals surface area contributed by atoms with E-state index in [1.165, 1.54) is 5.56 Å². The minimum Gasteiger partial charge on any atom is -0.414 e. The Labute approximate surface area is 179 Å². The van der Waals surface area contributed by atoms with Gasteiger partial charge in [-0.3, -0.25) is 0 Å². The molecule has 7 heteroatoms. The molecular weight excluding hydrogens is 413 g/mol. The van der Waals surface area contributed by atoms with Gasteiger partial charge in [0, 0.05) is 21.7 Å². The number of anilines is 1. The van der Waals surface area contributed by atoms with E-state index < -0.39 is 0 Å². The smallest absolute Gasteiger partial charge is 0.288 e. The van der Waals surface area contributed by atoms with Gasteiger partial charge in [-0.25, -0.2) is 4.68 Å². The van der Waals surface area contributed by atoms with Gasteiger partial charge >= 0.3 is 0 Å². The second-order valence-corrected chi connectivity index (χ2v) is 8.37. The summed E-state index contributed by atoms with van der Waals surface area (Å²) in [5.74, 6) is 1.63. The van der Waals surface area contributed by atoms with Crippen LogP contribution in [0.3, 0.4) is 0 Å². The fourth-order valence-corrected chi connectivity index (χ4v) is 4.27. The van der Waals surface area contributed by atoms with Crippen LogP contribution in [0.2, 0.25) is 10.0 Å². The van der Waals surface area contributed by atoms with Gasteiger partial charge in [-0.1, -0.05) is 41.4 Å². The molecule has 0 bridgehead atoms. The zero-order valence-corrected chi connectivity index (χ0v) is 17.6. The molecule has 3 aromatic rings. The summed E-state index contributed by atoms with van der Waals surface area (Å²) in [6.45, 7) is 0.447. The molecular formula is C21H21Cl2N3OS. The van der Waals surface area contributed by atoms with E-state index in [1.807, 2.05) is 36.4 Å². The topological polar surface area (TPSA) is 43.0 Å². The third kappa shape index (κ3) is 4.59. The first kappa shape index (κ1) is 19.5. The standard InChI is InChI=1S/C21H21Cl2N3OS/c22-17-10-8-15(9-11-17)14-4-6-16(7-5-14)20-25-26(21(28)27-20)13-24-19-3-1-2-18(23)12-19/h1-3,8-12,14,16,24H,4-7,13H2. The third-order valence-electron chi connectivity index (χ3n) is 5.30. The zero-order chi connectivity index (χ0) is 19.5. The van der Waals surface area contributed by atoms with E-state index in [2.05, 4.69) is 22.5 Å². The van der Waals surface area contributed by atoms with Crippen molar-refractivity contribution in [2.24, 2.45) is 0 Å². The Bertz CT molecular complexity index is 991. The average Bonchev–Trinajstić information content (AvgIpc) is 3.08. The van der Waals surface area contributed by atoms with E-state index in [4.69, 9.17) is 39.8 Å². The van der Waals surface area contributed by atoms with Crippen molar-refractivity contribution in [3.63, 3.8) is 0 Å². The average molecular weight is 434 g/mol. The highest BCUT2D eigenvalue weighted by Crippen LogP contribution is 2.40. The van der Waals surface area contributed by atoms with Crippen LogP contribution in [0.5, 0.6) is 0 Å². The summed E-state index contributed by atoms with van der Waals surface area (Å²) in [5, 5.41) is 9.35. The van der Waals surface area contributed by atoms with Crippen molar-refractivity contribution in [1.82, 2.24) is 9.78 Å². The summed E-state index contributed by atoms with van der Waals surface area (Å²) in [7, 11) is 0. The molecule has 1 heterocycles. The maximum atomic E-state index is 6.02. The van der Waals surface area contributed by atoms with Crippen molar-refractivity contribution < 1.29 is 4.42 Å². The predicted octanol–water partition coefficient (Wildman–Crippen LogP) is 7.02. The summed E-state index contributed by atoms with van der Waals surface area (Å²) in [6, 6.07) is 15.8. The normalized spacial score (nSPS) is 19.5. The van der Waals surface area contributed by atoms with Crippen molar-refractivity contribution in [3.05, 3.63) is 74.9 Å². The molecule has 0 aliphatic heterocycles. The van der Waals surface area contributed by atoms with Crippen LogP contribution in [-0.4, -0.2) is 9.78 Å². The van der Waals surface area contributed by atoms with E-state index >= 15 is 0 Å². The molecule has 1 aromatic heterocycles. The van der Waals surface area contributed by atoms with Crippen molar-refractivity contribution >= 4 is 41.1 Å². The Morgan fingerprint density at radius 2 is 1.71 bits per heavy atom. The van der Waals surface area contributed by atoms with Crippen LogP contribution in [0.15, 0.2) is 52.9 Å². The second-order valence-electron chi connectivity index (χ2n) is 7.15. The molecule has 0 spiro atoms. The van der Waals surface area contributed by atoms with Gasteiger partial charge in [0.1, 0.15) is 6.67 Å². The zero-order valence-electron chi connectivity index (χ0n) is 15.3. The Balaban J connectivity index is 1.37. The van der Waals surface area contributed by atoms with Crippen LogP contribution in [0, 0.1) is 4.84 Å². The van der Waals surface area contributed by atoms with Crippen molar-refractivity contribution in [3.8, 4) is 0 Å². The van der Waals surface area contributed by atoms with Crippen LogP contribution >= 0.6 is 35.4 Å². The lowest BCUT2D eigenvalue weighted by atomic mass is 9.79. The fraction of sp³-hybridized carbons (Fsp3) is 0.333. The minimum atomic E-state index is 0.317. The highest BCUT2D eigenvalue weighted by atomic mass is 35.5. The first-order chi connectivity index (χ1) is 13.6. The molecule has 4 rings (SSSR count). The molecule has 0 atom stereocenters. The summed E-state index contributed by atoms with van der Waals surface area (Å²) in [4.78, 5) is 0.393. The number of halogens is 2. The molecule has 0 saturated heterocycles. The lowest BCUT2D eigenvalue weighted by Crippen LogP contribution is -2.14. The lowest BCUT2D eigenvalue weighted by molar-refractivity contribution is 0.336. The number of rotatable bonds is 5. The largest absolute Gasteiger partial charge is 0.414 e. The summed E-state index contributed by atoms with van der Waals surface area (Å²) >= 11 is 17.4. The molecule has 28 heavy (non-hydrogen) atoms. The van der Waals surface area contributed by atoms with Crippen molar-refractivity contribution in [1.29, 1.82) is 0 Å². The highest BCUT2D eigenvalue weighted by Gasteiger charge is 2.27. The fourth-order valence-electron chi connectivity index (χ4n) is 3.76. The SMILES string of the molecule is S=c1oc(C2CCC(c3ccc(Cl)cc3)CC2)nn1CNc1cccc(Cl)c1. The van der Waals surface area contributed by atoms with E-state index in [0.29, 0.717) is 28.4 Å². The van der Waals surface area contributed by atoms with E-state index in [-0.39, 0.29) is 0 Å². The summed E-state index contributed by atoms with van der Waals surface area (Å²) in [6.07, 6.45) is 4.32. The first-order valence-corrected chi connectivity index (χ1v) is 10.6. The van der Waals surface area contributed by atoms with Gasteiger partial charge in [0.2, 0.25) is 5.89 Å². The van der Waals surface area contributed by atoms with Crippen LogP contribution < -0.4 is 5.32 Å². The van der Waals surface area contributed by atoms with Crippen LogP contribution in [0.1, 0.15) is 49.0 Å². The Morgan fingerprint density at radius 1 is 1.00 bits per heavy atom. The van der Waals surface area contributed by atoms with Crippen molar-refractivity contribution in [2.75, 3.05) is 5.32 Å². The molecule has 1 aliphatic carbocycles. The Kier molecular flexibility index (Phi) is 6.04. The number of hydrogen-bond acceptors (Lipinski definition) is 4. The summed E-state index contributed by atoms with van der Waals surface area (Å²) in [5.41, 5.74) is 2.28. The number of aromatic nitrogens is 2. The molecule has 1 fully saturated rings. The highest BCUT2D eigenvalue weighted by molar-refractivity contribution is 7.71. The number of nitrogens with one attached hydrogen (secondary N) is 1. The number of benzene rings is 2. The molecule has 1 N–H and O–H groups in total. The molecule has 2 aromatic carbocycles. The number of hydrogen-bond donors (Lipinski definition) is 1. The Morgan fingerprint density at radius 3 is 2.43 bits per heavy atom. The Hall–Kier alpha value is -1.82. The second kappa shape index (κ2) is 8.68. The minimum absolute atomic E-state index is 0.317. The van der Waals surface area contributed by atoms with Crippen LogP contribution in [0.25, 0.3) is 0 Å². The molecule has 1 aliphatic rings. The molecule has 146 valence electrons. The lowest BCUT2D eigenvalue weighted by Gasteiger charge is -2.26. The van der Waals surface area contributed by atoms with Gasteiger partial charge < -0.3 is 9.73 Å². The molecule has 4 nitrogen and oxygen atoms in total. The van der Waals surface area contributed by atoms with Crippen LogP contribution in [0.4, 0.5) is 5.69 Å². The molecule has 0 amide bonds. The van der Waals surface area contributed by atoms with E-state index in [9.17, 15) is 0 Å². The van der Waals surface area contributed by atoms with Gasteiger partial charge in [-0.05, 0) is 79.7 Å². The quantitative estimate of drug-likeness (QED) is 0.438. The molecule has 0 radical (unpaired) electrons. The summed E-state index contributed by atoms with van der Waals surface area (Å²) < 4.78 is 7.50. The van der Waals surface area contributed by atoms with Crippen molar-refractivity contribution in [2.45, 2.75) is 44.2 Å². The molecule has 0 unspecified atom stereocenters. The predicted molar refractivity (Wildman–Crippen MR) is 116 cm³/mol. The van der Waals surface area contributed by atoms with Gasteiger partial charge in [-0.2, -0.15) is 0 Å². The van der Waals surface area contributed by atoms with Gasteiger partial charge in [-0.15, -0.1) is 5.10 Å². The van der Waals surface area contributed by atoms with E-state index in [1.54, 1.807) is 4.68 Å². The maximum absolute atomic E-state index is 6.02. The first-order valence-electron chi connectivity index (χ1n) is 9.41. The number of nitrogens with zero attached hydrogens (tertiary/aromatic N) is 2. The van der Waals surface area contributed by atoms with Gasteiger partial charge in [0.05, 0.1) is 0 Å². The van der Waals surface area contributed by atoms with E-state index in [0.717, 1.165) is 42.3 Å². The third-order valence-corrected chi connectivity index (χ3v) is 6.08. The monoisotopic (exact) mass is 433 g/mol.